The summed E-state index contributed by atoms with van der Waals surface area (Å²) in [5.74, 6) is -0.367. The van der Waals surface area contributed by atoms with Crippen molar-refractivity contribution >= 4 is 5.91 Å². The number of hydrogen-bond acceptors (Lipinski definition) is 2. The largest absolute Gasteiger partial charge is 0.373 e. The Hall–Kier alpha value is -1.61. The monoisotopic (exact) mass is 191 g/mol. The highest BCUT2D eigenvalue weighted by molar-refractivity contribution is 5.86. The number of hydrogen-bond donors (Lipinski definition) is 2. The molecule has 0 heterocycles. The van der Waals surface area contributed by atoms with Crippen molar-refractivity contribution in [1.82, 2.24) is 5.32 Å². The maximum absolute atomic E-state index is 10.8. The molecule has 3 heteroatoms. The van der Waals surface area contributed by atoms with Gasteiger partial charge in [-0.2, -0.15) is 0 Å². The number of amides is 1. The second-order valence-electron chi connectivity index (χ2n) is 2.92. The van der Waals surface area contributed by atoms with E-state index < -0.39 is 6.23 Å². The molecule has 1 amide bonds. The highest BCUT2D eigenvalue weighted by Gasteiger charge is 2.06. The van der Waals surface area contributed by atoms with Crippen LogP contribution in [0.1, 0.15) is 5.56 Å². The lowest BCUT2D eigenvalue weighted by atomic mass is 10.1. The first-order chi connectivity index (χ1) is 6.72. The van der Waals surface area contributed by atoms with E-state index in [1.165, 1.54) is 0 Å². The van der Waals surface area contributed by atoms with Gasteiger partial charge in [-0.15, -0.1) is 0 Å². The molecule has 3 nitrogen and oxygen atoms in total. The lowest BCUT2D eigenvalue weighted by molar-refractivity contribution is -0.119. The average Bonchev–Trinajstić information content (AvgIpc) is 2.19. The fraction of sp³-hybridized carbons (Fsp3) is 0.182. The van der Waals surface area contributed by atoms with Crippen LogP contribution in [0, 0.1) is 0 Å². The van der Waals surface area contributed by atoms with E-state index in [4.69, 9.17) is 0 Å². The predicted molar refractivity (Wildman–Crippen MR) is 54.5 cm³/mol. The van der Waals surface area contributed by atoms with Crippen LogP contribution in [0.3, 0.4) is 0 Å². The zero-order chi connectivity index (χ0) is 10.4. The zero-order valence-electron chi connectivity index (χ0n) is 7.81. The van der Waals surface area contributed by atoms with Gasteiger partial charge in [0, 0.05) is 6.42 Å². The molecule has 0 bridgehead atoms. The van der Waals surface area contributed by atoms with E-state index in [1.54, 1.807) is 0 Å². The van der Waals surface area contributed by atoms with E-state index in [1.807, 2.05) is 30.3 Å². The maximum atomic E-state index is 10.8. The summed E-state index contributed by atoms with van der Waals surface area (Å²) in [6, 6.07) is 9.46. The number of aliphatic hydroxyl groups is 1. The van der Waals surface area contributed by atoms with Crippen LogP contribution < -0.4 is 5.32 Å². The smallest absolute Gasteiger partial charge is 0.245 e. The van der Waals surface area contributed by atoms with Crippen molar-refractivity contribution in [2.24, 2.45) is 0 Å². The second kappa shape index (κ2) is 5.19. The molecule has 0 saturated heterocycles. The third-order valence-electron chi connectivity index (χ3n) is 1.77. The molecule has 1 atom stereocenters. The SMILES string of the molecule is C=CC(=O)NC(O)Cc1ccccc1. The highest BCUT2D eigenvalue weighted by atomic mass is 16.3. The van der Waals surface area contributed by atoms with Crippen molar-refractivity contribution < 1.29 is 9.90 Å². The van der Waals surface area contributed by atoms with E-state index in [-0.39, 0.29) is 5.91 Å². The van der Waals surface area contributed by atoms with E-state index in [9.17, 15) is 9.90 Å². The standard InChI is InChI=1S/C11H13NO2/c1-2-10(13)12-11(14)8-9-6-4-3-5-7-9/h2-7,11,14H,1,8H2,(H,12,13). The van der Waals surface area contributed by atoms with Crippen LogP contribution in [-0.4, -0.2) is 17.2 Å². The fourth-order valence-corrected chi connectivity index (χ4v) is 1.11. The number of aliphatic hydroxyl groups excluding tert-OH is 1. The van der Waals surface area contributed by atoms with E-state index in [2.05, 4.69) is 11.9 Å². The van der Waals surface area contributed by atoms with Gasteiger partial charge in [-0.25, -0.2) is 0 Å². The third-order valence-corrected chi connectivity index (χ3v) is 1.77. The molecule has 0 saturated carbocycles. The number of nitrogens with one attached hydrogen (secondary N) is 1. The van der Waals surface area contributed by atoms with Gasteiger partial charge in [0.05, 0.1) is 0 Å². The predicted octanol–water partition coefficient (Wildman–Crippen LogP) is 0.850. The Bertz CT molecular complexity index is 308. The Kier molecular flexibility index (Phi) is 3.88. The summed E-state index contributed by atoms with van der Waals surface area (Å²) in [6.07, 6.45) is 0.678. The number of carbonyl (C=O) groups excluding carboxylic acids is 1. The molecule has 2 N–H and O–H groups in total. The Labute approximate surface area is 83.1 Å². The van der Waals surface area contributed by atoms with Gasteiger partial charge in [0.1, 0.15) is 6.23 Å². The van der Waals surface area contributed by atoms with E-state index in [0.717, 1.165) is 11.6 Å². The van der Waals surface area contributed by atoms with Crippen LogP contribution in [0.2, 0.25) is 0 Å². The summed E-state index contributed by atoms with van der Waals surface area (Å²) in [4.78, 5) is 10.8. The van der Waals surface area contributed by atoms with Crippen LogP contribution in [-0.2, 0) is 11.2 Å². The molecule has 0 aliphatic carbocycles. The Morgan fingerprint density at radius 3 is 2.71 bits per heavy atom. The first-order valence-corrected chi connectivity index (χ1v) is 4.37. The molecular weight excluding hydrogens is 178 g/mol. The van der Waals surface area contributed by atoms with Gasteiger partial charge in [-0.1, -0.05) is 36.9 Å². The minimum atomic E-state index is -0.858. The minimum Gasteiger partial charge on any atom is -0.373 e. The van der Waals surface area contributed by atoms with Crippen molar-refractivity contribution in [3.8, 4) is 0 Å². The summed E-state index contributed by atoms with van der Waals surface area (Å²) in [7, 11) is 0. The van der Waals surface area contributed by atoms with Crippen molar-refractivity contribution in [2.75, 3.05) is 0 Å². The normalized spacial score (nSPS) is 11.8. The van der Waals surface area contributed by atoms with Gasteiger partial charge in [0.15, 0.2) is 0 Å². The molecule has 0 fully saturated rings. The third kappa shape index (κ3) is 3.41. The Balaban J connectivity index is 2.45. The molecule has 1 unspecified atom stereocenters. The number of rotatable bonds is 4. The fourth-order valence-electron chi connectivity index (χ4n) is 1.11. The summed E-state index contributed by atoms with van der Waals surface area (Å²) >= 11 is 0. The first kappa shape index (κ1) is 10.5. The molecule has 0 radical (unpaired) electrons. The molecule has 0 spiro atoms. The molecule has 74 valence electrons. The molecule has 0 aliphatic rings. The van der Waals surface area contributed by atoms with Gasteiger partial charge in [0.25, 0.3) is 0 Å². The molecule has 1 rings (SSSR count). The lowest BCUT2D eigenvalue weighted by Gasteiger charge is -2.10. The molecule has 0 aromatic heterocycles. The summed E-state index contributed by atoms with van der Waals surface area (Å²) in [6.45, 7) is 3.30. The van der Waals surface area contributed by atoms with Crippen molar-refractivity contribution in [1.29, 1.82) is 0 Å². The summed E-state index contributed by atoms with van der Waals surface area (Å²) < 4.78 is 0. The van der Waals surface area contributed by atoms with Gasteiger partial charge in [0.2, 0.25) is 5.91 Å². The molecule has 0 aliphatic heterocycles. The lowest BCUT2D eigenvalue weighted by Crippen LogP contribution is -2.34. The summed E-state index contributed by atoms with van der Waals surface area (Å²) in [5.41, 5.74) is 0.976. The topological polar surface area (TPSA) is 49.3 Å². The summed E-state index contributed by atoms with van der Waals surface area (Å²) in [5, 5.41) is 11.8. The zero-order valence-corrected chi connectivity index (χ0v) is 7.81. The molecule has 14 heavy (non-hydrogen) atoms. The average molecular weight is 191 g/mol. The van der Waals surface area contributed by atoms with Crippen molar-refractivity contribution in [3.63, 3.8) is 0 Å². The highest BCUT2D eigenvalue weighted by Crippen LogP contribution is 2.01. The number of benzene rings is 1. The Morgan fingerprint density at radius 2 is 2.14 bits per heavy atom. The van der Waals surface area contributed by atoms with Crippen LogP contribution >= 0.6 is 0 Å². The van der Waals surface area contributed by atoms with E-state index >= 15 is 0 Å². The van der Waals surface area contributed by atoms with Gasteiger partial charge in [-0.05, 0) is 11.6 Å². The minimum absolute atomic E-state index is 0.367. The molecular formula is C11H13NO2. The number of carbonyl (C=O) groups is 1. The van der Waals surface area contributed by atoms with Crippen molar-refractivity contribution in [3.05, 3.63) is 48.6 Å². The van der Waals surface area contributed by atoms with Gasteiger partial charge < -0.3 is 10.4 Å². The van der Waals surface area contributed by atoms with Crippen LogP contribution in [0.15, 0.2) is 43.0 Å². The molecule has 1 aromatic carbocycles. The first-order valence-electron chi connectivity index (χ1n) is 4.37. The van der Waals surface area contributed by atoms with Crippen molar-refractivity contribution in [2.45, 2.75) is 12.6 Å². The Morgan fingerprint density at radius 1 is 1.50 bits per heavy atom. The molecule has 1 aromatic rings. The second-order valence-corrected chi connectivity index (χ2v) is 2.92. The van der Waals surface area contributed by atoms with E-state index in [0.29, 0.717) is 6.42 Å². The quantitative estimate of drug-likeness (QED) is 0.547. The van der Waals surface area contributed by atoms with Crippen LogP contribution in [0.25, 0.3) is 0 Å². The maximum Gasteiger partial charge on any atom is 0.245 e. The van der Waals surface area contributed by atoms with Crippen LogP contribution in [0.4, 0.5) is 0 Å². The van der Waals surface area contributed by atoms with Crippen LogP contribution in [0.5, 0.6) is 0 Å². The van der Waals surface area contributed by atoms with Gasteiger partial charge >= 0.3 is 0 Å². The van der Waals surface area contributed by atoms with Gasteiger partial charge in [-0.3, -0.25) is 4.79 Å².